The number of alkyl halides is 3. The van der Waals surface area contributed by atoms with Crippen LogP contribution in [0.5, 0.6) is 0 Å². The normalized spacial score (nSPS) is 11.5. The SMILES string of the molecule is CCCCCCOCc1ccccc1.COS(=O)(=O)[O-].Cc1ccc(S(=O)(=O)SCCCCCOCc2ccccc2)cc1.Cn1c(C(F)(F)F)[n+](C)c2ccccc21. The van der Waals surface area contributed by atoms with Gasteiger partial charge in [0.25, 0.3) is 0 Å². The Morgan fingerprint density at radius 3 is 1.64 bits per heavy atom. The van der Waals surface area contributed by atoms with Crippen molar-refractivity contribution in [3.63, 3.8) is 0 Å². The van der Waals surface area contributed by atoms with Crippen LogP contribution in [0, 0.1) is 6.92 Å². The molecular formula is C43H57F3N2O8S3. The Kier molecular flexibility index (Phi) is 23.6. The summed E-state index contributed by atoms with van der Waals surface area (Å²) in [6, 6.07) is 34.2. The lowest BCUT2D eigenvalue weighted by Gasteiger charge is -2.06. The second-order valence-corrected chi connectivity index (χ2v) is 18.5. The number of rotatable bonds is 18. The summed E-state index contributed by atoms with van der Waals surface area (Å²) in [5.74, 6) is -0.0294. The fourth-order valence-corrected chi connectivity index (χ4v) is 8.35. The number of unbranched alkanes of at least 4 members (excludes halogenated alkanes) is 5. The van der Waals surface area contributed by atoms with E-state index in [0.29, 0.717) is 34.9 Å². The predicted molar refractivity (Wildman–Crippen MR) is 227 cm³/mol. The molecule has 16 heteroatoms. The lowest BCUT2D eigenvalue weighted by Crippen LogP contribution is -2.37. The van der Waals surface area contributed by atoms with E-state index in [4.69, 9.17) is 9.47 Å². The molecule has 0 saturated carbocycles. The zero-order valence-corrected chi connectivity index (χ0v) is 36.8. The summed E-state index contributed by atoms with van der Waals surface area (Å²) in [6.07, 6.45) is 3.59. The summed E-state index contributed by atoms with van der Waals surface area (Å²) in [6.45, 7) is 7.18. The van der Waals surface area contributed by atoms with Crippen molar-refractivity contribution < 1.29 is 52.8 Å². The second-order valence-electron chi connectivity index (χ2n) is 13.3. The number of imidazole rings is 1. The number of aromatic nitrogens is 2. The van der Waals surface area contributed by atoms with Gasteiger partial charge in [-0.25, -0.2) is 26.0 Å². The summed E-state index contributed by atoms with van der Waals surface area (Å²) >= 11 is 0. The number of hydrogen-bond acceptors (Lipinski definition) is 9. The Labute approximate surface area is 352 Å². The molecule has 0 aliphatic heterocycles. The molecule has 0 N–H and O–H groups in total. The van der Waals surface area contributed by atoms with Crippen LogP contribution in [0.2, 0.25) is 0 Å². The van der Waals surface area contributed by atoms with Gasteiger partial charge < -0.3 is 14.0 Å². The first kappa shape index (κ1) is 51.4. The van der Waals surface area contributed by atoms with Crippen LogP contribution in [0.25, 0.3) is 11.0 Å². The highest BCUT2D eigenvalue weighted by molar-refractivity contribution is 8.72. The number of hydrogen-bond donors (Lipinski definition) is 0. The molecule has 0 radical (unpaired) electrons. The number of halogens is 3. The number of para-hydroxylation sites is 2. The third-order valence-electron chi connectivity index (χ3n) is 8.54. The molecule has 10 nitrogen and oxygen atoms in total. The van der Waals surface area contributed by atoms with E-state index in [9.17, 15) is 34.6 Å². The zero-order chi connectivity index (χ0) is 43.7. The largest absolute Gasteiger partial charge is 0.726 e. The van der Waals surface area contributed by atoms with E-state index in [0.717, 1.165) is 65.1 Å². The summed E-state index contributed by atoms with van der Waals surface area (Å²) < 4.78 is 107. The van der Waals surface area contributed by atoms with Crippen LogP contribution < -0.4 is 4.57 Å². The van der Waals surface area contributed by atoms with Gasteiger partial charge in [-0.3, -0.25) is 4.18 Å². The van der Waals surface area contributed by atoms with Gasteiger partial charge in [-0.1, -0.05) is 123 Å². The molecule has 0 bridgehead atoms. The highest BCUT2D eigenvalue weighted by atomic mass is 33.1. The van der Waals surface area contributed by atoms with Gasteiger partial charge in [0, 0.05) is 19.0 Å². The first-order valence-electron chi connectivity index (χ1n) is 19.2. The number of nitrogens with zero attached hydrogens (tertiary/aromatic N) is 2. The van der Waals surface area contributed by atoms with Gasteiger partial charge in [0.05, 0.1) is 39.3 Å². The Morgan fingerprint density at radius 1 is 0.712 bits per heavy atom. The van der Waals surface area contributed by atoms with Crippen molar-refractivity contribution in [3.8, 4) is 0 Å². The number of aryl methyl sites for hydroxylation is 3. The molecular weight excluding hydrogens is 826 g/mol. The van der Waals surface area contributed by atoms with E-state index in [1.54, 1.807) is 36.4 Å². The summed E-state index contributed by atoms with van der Waals surface area (Å²) in [5, 5.41) is 0. The minimum atomic E-state index is -4.41. The Morgan fingerprint density at radius 2 is 1.19 bits per heavy atom. The fourth-order valence-electron chi connectivity index (χ4n) is 5.45. The Bertz CT molecular complexity index is 2080. The highest BCUT2D eigenvalue weighted by Gasteiger charge is 2.45. The smallest absolute Gasteiger partial charge is 0.495 e. The first-order chi connectivity index (χ1) is 28.0. The van der Waals surface area contributed by atoms with Crippen LogP contribution >= 0.6 is 10.8 Å². The summed E-state index contributed by atoms with van der Waals surface area (Å²) in [5.41, 5.74) is 4.66. The van der Waals surface area contributed by atoms with Gasteiger partial charge in [0.2, 0.25) is 19.3 Å². The fraction of sp³-hybridized carbons (Fsp3) is 0.419. The molecule has 0 aliphatic rings. The monoisotopic (exact) mass is 882 g/mol. The van der Waals surface area contributed by atoms with Crippen molar-refractivity contribution in [2.24, 2.45) is 14.1 Å². The molecule has 0 amide bonds. The molecule has 1 aromatic heterocycles. The van der Waals surface area contributed by atoms with E-state index in [1.807, 2.05) is 55.5 Å². The van der Waals surface area contributed by atoms with Gasteiger partial charge in [-0.2, -0.15) is 13.2 Å². The van der Waals surface area contributed by atoms with E-state index in [-0.39, 0.29) is 0 Å². The van der Waals surface area contributed by atoms with Crippen molar-refractivity contribution in [3.05, 3.63) is 132 Å². The molecule has 4 aromatic carbocycles. The maximum atomic E-state index is 12.7. The Hall–Kier alpha value is -3.77. The van der Waals surface area contributed by atoms with Crippen LogP contribution in [-0.2, 0) is 66.4 Å². The topological polar surface area (TPSA) is 128 Å². The van der Waals surface area contributed by atoms with Gasteiger partial charge >= 0.3 is 12.0 Å². The molecule has 326 valence electrons. The average Bonchev–Trinajstić information content (AvgIpc) is 3.48. The summed E-state index contributed by atoms with van der Waals surface area (Å²) in [7, 11) is -2.96. The van der Waals surface area contributed by atoms with Crippen molar-refractivity contribution in [1.29, 1.82) is 0 Å². The second kappa shape index (κ2) is 27.2. The molecule has 0 unspecified atom stereocenters. The number of fused-ring (bicyclic) bond motifs is 1. The van der Waals surface area contributed by atoms with Crippen LogP contribution in [0.15, 0.2) is 114 Å². The predicted octanol–water partition coefficient (Wildman–Crippen LogP) is 9.70. The van der Waals surface area contributed by atoms with Crippen LogP contribution in [0.3, 0.4) is 0 Å². The van der Waals surface area contributed by atoms with Gasteiger partial charge in [-0.05, 0) is 72.4 Å². The van der Waals surface area contributed by atoms with Crippen molar-refractivity contribution in [1.82, 2.24) is 4.57 Å². The maximum Gasteiger partial charge on any atom is 0.495 e. The molecule has 0 spiro atoms. The molecule has 0 saturated heterocycles. The molecule has 1 heterocycles. The standard InChI is InChI=1S/C19H24O3S2.C13H20O.C10H10F3N2.CH4O4S/c1-17-10-12-19(13-11-17)24(20,21)23-15-7-3-6-14-22-16-18-8-4-2-5-9-18;1-2-3-4-8-11-14-12-13-9-6-5-7-10-13;1-14-7-5-3-4-6-8(7)15(2)9(14)10(11,12)13;1-5-6(2,3)4/h2,4-5,8-13H,3,6-7,14-16H2,1H3;5-7,9-10H,2-4,8,11-12H2,1H3;3-6H,1-2H3;1H3,(H,2,3,4)/q;;+1;/p-1. The number of benzene rings is 4. The minimum Gasteiger partial charge on any atom is -0.726 e. The molecule has 5 aromatic rings. The average molecular weight is 883 g/mol. The van der Waals surface area contributed by atoms with Gasteiger partial charge in [0.1, 0.15) is 0 Å². The van der Waals surface area contributed by atoms with E-state index in [1.165, 1.54) is 50.9 Å². The lowest BCUT2D eigenvalue weighted by molar-refractivity contribution is -0.667. The number of ether oxygens (including phenoxy) is 2. The van der Waals surface area contributed by atoms with E-state index < -0.39 is 31.3 Å². The highest BCUT2D eigenvalue weighted by Crippen LogP contribution is 2.29. The molecule has 59 heavy (non-hydrogen) atoms. The van der Waals surface area contributed by atoms with E-state index >= 15 is 0 Å². The third kappa shape index (κ3) is 20.9. The molecule has 5 rings (SSSR count). The molecule has 0 atom stereocenters. The Balaban J connectivity index is 0.000000297. The molecule has 0 fully saturated rings. The van der Waals surface area contributed by atoms with Crippen LogP contribution in [0.4, 0.5) is 13.2 Å². The van der Waals surface area contributed by atoms with Gasteiger partial charge in [-0.15, -0.1) is 0 Å². The minimum absolute atomic E-state index is 0.393. The quantitative estimate of drug-likeness (QED) is 0.0278. The zero-order valence-electron chi connectivity index (χ0n) is 34.4. The van der Waals surface area contributed by atoms with Crippen molar-refractivity contribution in [2.45, 2.75) is 83.1 Å². The van der Waals surface area contributed by atoms with Crippen molar-refractivity contribution in [2.75, 3.05) is 26.1 Å². The van der Waals surface area contributed by atoms with Crippen LogP contribution in [-0.4, -0.2) is 52.0 Å². The van der Waals surface area contributed by atoms with Crippen molar-refractivity contribution >= 4 is 41.1 Å². The third-order valence-corrected chi connectivity index (χ3v) is 12.6. The van der Waals surface area contributed by atoms with Gasteiger partial charge in [0.15, 0.2) is 11.0 Å². The maximum absolute atomic E-state index is 12.7. The first-order valence-corrected chi connectivity index (χ1v) is 23.5. The summed E-state index contributed by atoms with van der Waals surface area (Å²) in [4.78, 5) is 0.393. The van der Waals surface area contributed by atoms with E-state index in [2.05, 4.69) is 35.4 Å². The molecule has 0 aliphatic carbocycles. The lowest BCUT2D eigenvalue weighted by atomic mass is 10.2. The van der Waals surface area contributed by atoms with Crippen LogP contribution in [0.1, 0.15) is 74.4 Å².